The first-order valence-electron chi connectivity index (χ1n) is 13.2. The van der Waals surface area contributed by atoms with Gasteiger partial charge in [-0.15, -0.1) is 0 Å². The van der Waals surface area contributed by atoms with Crippen LogP contribution in [0.1, 0.15) is 80.1 Å². The molecule has 0 radical (unpaired) electrons. The summed E-state index contributed by atoms with van der Waals surface area (Å²) in [5.41, 5.74) is 5.05. The first-order chi connectivity index (χ1) is 17.1. The van der Waals surface area contributed by atoms with Crippen molar-refractivity contribution >= 4 is 22.5 Å². The molecule has 2 aromatic rings. The van der Waals surface area contributed by atoms with Gasteiger partial charge in [0.15, 0.2) is 5.82 Å². The normalized spacial score (nSPS) is 15.8. The lowest BCUT2D eigenvalue weighted by Crippen LogP contribution is -2.22. The molecule has 1 atom stereocenters. The SMILES string of the molecule is C=C/C=C\C(=C/C)c1c(C(/C=C\C)=C/C=C)nc(N2CCC(C)C2)c2cncn12.CC.CC.CC. The molecule has 192 valence electrons. The molecule has 1 aliphatic rings. The number of fused-ring (bicyclic) bond motifs is 1. The molecule has 4 nitrogen and oxygen atoms in total. The van der Waals surface area contributed by atoms with Crippen LogP contribution in [0, 0.1) is 5.92 Å². The molecule has 35 heavy (non-hydrogen) atoms. The van der Waals surface area contributed by atoms with Gasteiger partial charge in [0.1, 0.15) is 5.52 Å². The fourth-order valence-corrected chi connectivity index (χ4v) is 3.81. The summed E-state index contributed by atoms with van der Waals surface area (Å²) in [5.74, 6) is 1.66. The van der Waals surface area contributed by atoms with Gasteiger partial charge in [0.2, 0.25) is 0 Å². The Balaban J connectivity index is 0.00000179. The van der Waals surface area contributed by atoms with Crippen LogP contribution in [0.15, 0.2) is 74.3 Å². The third-order valence-electron chi connectivity index (χ3n) is 5.19. The number of aromatic nitrogens is 3. The molecule has 0 aromatic carbocycles. The molecule has 1 saturated heterocycles. The van der Waals surface area contributed by atoms with Gasteiger partial charge in [0.25, 0.3) is 0 Å². The summed E-state index contributed by atoms with van der Waals surface area (Å²) in [7, 11) is 0. The van der Waals surface area contributed by atoms with E-state index in [2.05, 4.69) is 52.6 Å². The minimum absolute atomic E-state index is 0.670. The van der Waals surface area contributed by atoms with E-state index in [1.807, 2.05) is 92.2 Å². The van der Waals surface area contributed by atoms with E-state index in [-0.39, 0.29) is 0 Å². The Bertz CT molecular complexity index is 1020. The second kappa shape index (κ2) is 18.2. The van der Waals surface area contributed by atoms with Gasteiger partial charge in [-0.3, -0.25) is 4.40 Å². The molecule has 0 amide bonds. The van der Waals surface area contributed by atoms with Crippen LogP contribution in [0.5, 0.6) is 0 Å². The Hall–Kier alpha value is -3.14. The summed E-state index contributed by atoms with van der Waals surface area (Å²) < 4.78 is 2.16. The van der Waals surface area contributed by atoms with E-state index in [1.54, 1.807) is 6.08 Å². The molecule has 0 saturated carbocycles. The van der Waals surface area contributed by atoms with Crippen molar-refractivity contribution in [1.82, 2.24) is 14.4 Å². The minimum Gasteiger partial charge on any atom is -0.355 e. The number of anilines is 1. The van der Waals surface area contributed by atoms with Gasteiger partial charge in [-0.1, -0.05) is 110 Å². The molecule has 1 fully saturated rings. The van der Waals surface area contributed by atoms with Crippen LogP contribution in [-0.4, -0.2) is 27.5 Å². The summed E-state index contributed by atoms with van der Waals surface area (Å²) in [6.45, 7) is 28.1. The first-order valence-corrected chi connectivity index (χ1v) is 13.2. The minimum atomic E-state index is 0.670. The molecule has 0 spiro atoms. The smallest absolute Gasteiger partial charge is 0.155 e. The van der Waals surface area contributed by atoms with Crippen molar-refractivity contribution in [3.63, 3.8) is 0 Å². The fourth-order valence-electron chi connectivity index (χ4n) is 3.81. The highest BCUT2D eigenvalue weighted by Crippen LogP contribution is 2.33. The van der Waals surface area contributed by atoms with Crippen molar-refractivity contribution in [3.8, 4) is 0 Å². The van der Waals surface area contributed by atoms with Gasteiger partial charge in [0, 0.05) is 18.7 Å². The summed E-state index contributed by atoms with van der Waals surface area (Å²) >= 11 is 0. The molecule has 1 aliphatic heterocycles. The Labute approximate surface area is 215 Å². The predicted octanol–water partition coefficient (Wildman–Crippen LogP) is 8.95. The van der Waals surface area contributed by atoms with Crippen LogP contribution in [0.25, 0.3) is 16.7 Å². The molecule has 0 N–H and O–H groups in total. The van der Waals surface area contributed by atoms with Gasteiger partial charge >= 0.3 is 0 Å². The maximum atomic E-state index is 5.20. The van der Waals surface area contributed by atoms with Crippen LogP contribution in [-0.2, 0) is 0 Å². The predicted molar refractivity (Wildman–Crippen MR) is 159 cm³/mol. The topological polar surface area (TPSA) is 33.4 Å². The van der Waals surface area contributed by atoms with E-state index in [1.165, 1.54) is 6.42 Å². The zero-order valence-electron chi connectivity index (χ0n) is 23.7. The highest BCUT2D eigenvalue weighted by Gasteiger charge is 2.25. The molecule has 0 bridgehead atoms. The van der Waals surface area contributed by atoms with E-state index in [4.69, 9.17) is 4.98 Å². The van der Waals surface area contributed by atoms with Gasteiger partial charge in [-0.05, 0) is 31.8 Å². The molecule has 4 heteroatoms. The van der Waals surface area contributed by atoms with E-state index < -0.39 is 0 Å². The van der Waals surface area contributed by atoms with Gasteiger partial charge < -0.3 is 4.90 Å². The fraction of sp³-hybridized carbons (Fsp3) is 0.419. The van der Waals surface area contributed by atoms with Gasteiger partial charge in [-0.2, -0.15) is 0 Å². The van der Waals surface area contributed by atoms with Crippen molar-refractivity contribution < 1.29 is 0 Å². The van der Waals surface area contributed by atoms with E-state index in [0.29, 0.717) is 5.92 Å². The van der Waals surface area contributed by atoms with Crippen LogP contribution in [0.2, 0.25) is 0 Å². The average molecular weight is 477 g/mol. The number of allylic oxidation sites excluding steroid dienone is 10. The van der Waals surface area contributed by atoms with E-state index in [9.17, 15) is 0 Å². The summed E-state index contributed by atoms with van der Waals surface area (Å²) in [4.78, 5) is 12.1. The van der Waals surface area contributed by atoms with Gasteiger partial charge in [0.05, 0.1) is 23.9 Å². The number of imidazole rings is 1. The largest absolute Gasteiger partial charge is 0.355 e. The second-order valence-electron chi connectivity index (χ2n) is 7.32. The molecular weight excluding hydrogens is 428 g/mol. The summed E-state index contributed by atoms with van der Waals surface area (Å²) in [6, 6.07) is 0. The highest BCUT2D eigenvalue weighted by molar-refractivity contribution is 5.87. The Kier molecular flexibility index (Phi) is 16.6. The number of hydrogen-bond donors (Lipinski definition) is 0. The third-order valence-corrected chi connectivity index (χ3v) is 5.19. The molecular formula is C31H48N4. The lowest BCUT2D eigenvalue weighted by Gasteiger charge is -2.22. The van der Waals surface area contributed by atoms with Crippen LogP contribution in [0.4, 0.5) is 5.82 Å². The van der Waals surface area contributed by atoms with E-state index >= 15 is 0 Å². The number of nitrogens with zero attached hydrogens (tertiary/aromatic N) is 4. The zero-order valence-corrected chi connectivity index (χ0v) is 23.7. The van der Waals surface area contributed by atoms with Crippen LogP contribution >= 0.6 is 0 Å². The Morgan fingerprint density at radius 3 is 2.20 bits per heavy atom. The summed E-state index contributed by atoms with van der Waals surface area (Å²) in [5, 5.41) is 0. The van der Waals surface area contributed by atoms with Crippen molar-refractivity contribution in [2.45, 2.75) is 68.7 Å². The van der Waals surface area contributed by atoms with Gasteiger partial charge in [-0.25, -0.2) is 9.97 Å². The monoisotopic (exact) mass is 476 g/mol. The number of rotatable bonds is 7. The second-order valence-corrected chi connectivity index (χ2v) is 7.32. The molecule has 1 unspecified atom stereocenters. The standard InChI is InChI=1S/C25H30N4.3C2H6/c1-6-10-13-20(9-4)24-23(21(11-7-2)12-8-3)27-25(22-16-26-18-29(22)24)28-15-14-19(5)17-28;3*1-2/h6-13,16,18-19H,1-2,14-15,17H2,3-5H3;3*1-2H3/b12-8-,13-10-,20-9+,21-11+;;;. The van der Waals surface area contributed by atoms with Crippen molar-refractivity contribution in [2.24, 2.45) is 5.92 Å². The Morgan fingerprint density at radius 1 is 1.00 bits per heavy atom. The molecule has 0 aliphatic carbocycles. The quantitative estimate of drug-likeness (QED) is 0.374. The third kappa shape index (κ3) is 8.24. The van der Waals surface area contributed by atoms with Crippen molar-refractivity contribution in [1.29, 1.82) is 0 Å². The molecule has 3 heterocycles. The summed E-state index contributed by atoms with van der Waals surface area (Å²) in [6.07, 6.45) is 20.8. The maximum Gasteiger partial charge on any atom is 0.155 e. The van der Waals surface area contributed by atoms with Crippen molar-refractivity contribution in [2.75, 3.05) is 18.0 Å². The lowest BCUT2D eigenvalue weighted by atomic mass is 10.0. The number of hydrogen-bond acceptors (Lipinski definition) is 3. The molecule has 2 aromatic heterocycles. The lowest BCUT2D eigenvalue weighted by molar-refractivity contribution is 0.659. The van der Waals surface area contributed by atoms with Crippen molar-refractivity contribution in [3.05, 3.63) is 85.7 Å². The average Bonchev–Trinajstić information content (AvgIpc) is 3.57. The van der Waals surface area contributed by atoms with E-state index in [0.717, 1.165) is 47.0 Å². The maximum absolute atomic E-state index is 5.20. The Morgan fingerprint density at radius 2 is 1.69 bits per heavy atom. The highest BCUT2D eigenvalue weighted by atomic mass is 15.2. The zero-order chi connectivity index (χ0) is 26.8. The molecule has 3 rings (SSSR count). The van der Waals surface area contributed by atoms with Crippen LogP contribution < -0.4 is 4.90 Å². The van der Waals surface area contributed by atoms with Crippen LogP contribution in [0.3, 0.4) is 0 Å². The first kappa shape index (κ1) is 31.9.